The largest absolute Gasteiger partial charge is 0.493 e. The first-order valence-electron chi connectivity index (χ1n) is 11.5. The van der Waals surface area contributed by atoms with E-state index in [0.717, 1.165) is 0 Å². The van der Waals surface area contributed by atoms with Gasteiger partial charge in [0.05, 0.1) is 45.7 Å². The molecule has 2 heterocycles. The van der Waals surface area contributed by atoms with Gasteiger partial charge in [-0.05, 0) is 41.3 Å². The Morgan fingerprint density at radius 3 is 2.21 bits per heavy atom. The highest BCUT2D eigenvalue weighted by Crippen LogP contribution is 2.43. The van der Waals surface area contributed by atoms with Gasteiger partial charge in [-0.25, -0.2) is 9.47 Å². The van der Waals surface area contributed by atoms with Gasteiger partial charge in [-0.15, -0.1) is 0 Å². The molecule has 0 amide bonds. The van der Waals surface area contributed by atoms with Gasteiger partial charge in [0.25, 0.3) is 5.56 Å². The number of methoxy groups -OCH3 is 4. The summed E-state index contributed by atoms with van der Waals surface area (Å²) < 4.78 is 28.8. The Morgan fingerprint density at radius 2 is 1.66 bits per heavy atom. The van der Waals surface area contributed by atoms with Gasteiger partial charge in [-0.3, -0.25) is 14.8 Å². The summed E-state index contributed by atoms with van der Waals surface area (Å²) in [5, 5.41) is 2.35. The normalized spacial score (nSPS) is 10.7. The summed E-state index contributed by atoms with van der Waals surface area (Å²) in [7, 11) is 9.09. The maximum Gasteiger partial charge on any atom is 0.357 e. The van der Waals surface area contributed by atoms with Crippen molar-refractivity contribution in [1.82, 2.24) is 14.6 Å². The van der Waals surface area contributed by atoms with E-state index >= 15 is 0 Å². The third kappa shape index (κ3) is 4.77. The van der Waals surface area contributed by atoms with Gasteiger partial charge in [-0.1, -0.05) is 0 Å². The molecule has 0 atom stereocenters. The Bertz CT molecular complexity index is 1510. The molecule has 0 fully saturated rings. The molecule has 2 aromatic carbocycles. The van der Waals surface area contributed by atoms with E-state index in [-0.39, 0.29) is 12.3 Å². The number of benzene rings is 2. The third-order valence-corrected chi connectivity index (χ3v) is 5.87. The zero-order chi connectivity index (χ0) is 27.4. The van der Waals surface area contributed by atoms with Crippen LogP contribution in [0, 0.1) is 0 Å². The number of carbonyl (C=O) groups is 1. The molecule has 11 nitrogen and oxygen atoms in total. The Hall–Kier alpha value is -4.80. The summed E-state index contributed by atoms with van der Waals surface area (Å²) in [5.74, 6) is 0.926. The van der Waals surface area contributed by atoms with E-state index in [4.69, 9.17) is 23.7 Å². The number of ether oxygens (including phenoxy) is 5. The van der Waals surface area contributed by atoms with E-state index in [0.29, 0.717) is 50.6 Å². The second kappa shape index (κ2) is 11.1. The lowest BCUT2D eigenvalue weighted by Crippen LogP contribution is -2.40. The summed E-state index contributed by atoms with van der Waals surface area (Å²) in [6, 6.07) is 8.52. The first kappa shape index (κ1) is 26.3. The minimum absolute atomic E-state index is 0.0394. The van der Waals surface area contributed by atoms with Crippen LogP contribution in [0.15, 0.2) is 53.7 Å². The van der Waals surface area contributed by atoms with Crippen molar-refractivity contribution in [3.8, 4) is 34.1 Å². The fourth-order valence-electron chi connectivity index (χ4n) is 4.20. The lowest BCUT2D eigenvalue weighted by atomic mass is 9.96. The van der Waals surface area contributed by atoms with Gasteiger partial charge >= 0.3 is 5.97 Å². The zero-order valence-electron chi connectivity index (χ0n) is 22.0. The van der Waals surface area contributed by atoms with Crippen molar-refractivity contribution in [2.75, 3.05) is 47.5 Å². The van der Waals surface area contributed by atoms with Gasteiger partial charge < -0.3 is 28.7 Å². The SMILES string of the molecule is COC(=O)c1c(-c2cc(OC)c(OC)c(OC)c2)c2ccc(OCc3cnccn3)cc2c(=O)n1N(C)C. The molecule has 0 spiro atoms. The van der Waals surface area contributed by atoms with E-state index in [9.17, 15) is 9.59 Å². The van der Waals surface area contributed by atoms with Gasteiger partial charge in [0.15, 0.2) is 17.2 Å². The summed E-state index contributed by atoms with van der Waals surface area (Å²) in [5.41, 5.74) is 1.25. The molecule has 4 aromatic rings. The molecule has 4 rings (SSSR count). The maximum atomic E-state index is 13.7. The third-order valence-electron chi connectivity index (χ3n) is 5.87. The van der Waals surface area contributed by atoms with Crippen LogP contribution in [-0.4, -0.2) is 63.1 Å². The van der Waals surface area contributed by atoms with Crippen LogP contribution in [0.1, 0.15) is 16.2 Å². The number of rotatable bonds is 9. The lowest BCUT2D eigenvalue weighted by Gasteiger charge is -2.24. The van der Waals surface area contributed by atoms with Crippen LogP contribution in [0.3, 0.4) is 0 Å². The first-order valence-corrected chi connectivity index (χ1v) is 11.5. The van der Waals surface area contributed by atoms with Crippen molar-refractivity contribution >= 4 is 16.7 Å². The molecule has 0 saturated carbocycles. The molecule has 38 heavy (non-hydrogen) atoms. The zero-order valence-corrected chi connectivity index (χ0v) is 22.0. The molecule has 0 aliphatic rings. The van der Waals surface area contributed by atoms with Crippen molar-refractivity contribution in [2.45, 2.75) is 6.61 Å². The Morgan fingerprint density at radius 1 is 0.947 bits per heavy atom. The molecule has 11 heteroatoms. The molecular weight excluding hydrogens is 492 g/mol. The molecule has 0 aliphatic heterocycles. The molecule has 0 saturated heterocycles. The Labute approximate surface area is 219 Å². The number of nitrogens with zero attached hydrogens (tertiary/aromatic N) is 4. The average molecular weight is 521 g/mol. The summed E-state index contributed by atoms with van der Waals surface area (Å²) >= 11 is 0. The van der Waals surface area contributed by atoms with E-state index in [2.05, 4.69) is 9.97 Å². The van der Waals surface area contributed by atoms with Gasteiger partial charge in [0.1, 0.15) is 12.4 Å². The van der Waals surface area contributed by atoms with E-state index < -0.39 is 11.5 Å². The number of hydrogen-bond acceptors (Lipinski definition) is 10. The monoisotopic (exact) mass is 520 g/mol. The maximum absolute atomic E-state index is 13.7. The van der Waals surface area contributed by atoms with E-state index in [1.807, 2.05) is 0 Å². The smallest absolute Gasteiger partial charge is 0.357 e. The summed E-state index contributed by atoms with van der Waals surface area (Å²) in [6.07, 6.45) is 4.75. The number of fused-ring (bicyclic) bond motifs is 1. The van der Waals surface area contributed by atoms with E-state index in [1.165, 1.54) is 38.1 Å². The number of aromatic nitrogens is 3. The number of hydrogen-bond donors (Lipinski definition) is 0. The molecule has 198 valence electrons. The molecule has 2 aromatic heterocycles. The summed E-state index contributed by atoms with van der Waals surface area (Å²) in [4.78, 5) is 35.1. The van der Waals surface area contributed by atoms with Crippen LogP contribution >= 0.6 is 0 Å². The highest BCUT2D eigenvalue weighted by Gasteiger charge is 2.27. The van der Waals surface area contributed by atoms with Crippen molar-refractivity contribution in [1.29, 1.82) is 0 Å². The highest BCUT2D eigenvalue weighted by molar-refractivity contribution is 6.07. The van der Waals surface area contributed by atoms with Crippen molar-refractivity contribution in [3.05, 3.63) is 70.7 Å². The molecule has 0 bridgehead atoms. The predicted octanol–water partition coefficient (Wildman–Crippen LogP) is 3.05. The molecular formula is C27H28N4O7. The predicted molar refractivity (Wildman–Crippen MR) is 141 cm³/mol. The van der Waals surface area contributed by atoms with Gasteiger partial charge in [-0.2, -0.15) is 0 Å². The minimum atomic E-state index is -0.690. The van der Waals surface area contributed by atoms with Crippen molar-refractivity contribution in [3.63, 3.8) is 0 Å². The van der Waals surface area contributed by atoms with Crippen LogP contribution in [-0.2, 0) is 11.3 Å². The number of pyridine rings is 1. The van der Waals surface area contributed by atoms with Gasteiger partial charge in [0.2, 0.25) is 5.75 Å². The molecule has 0 aliphatic carbocycles. The number of esters is 1. The van der Waals surface area contributed by atoms with Crippen LogP contribution in [0.4, 0.5) is 0 Å². The van der Waals surface area contributed by atoms with Crippen molar-refractivity contribution in [2.24, 2.45) is 0 Å². The van der Waals surface area contributed by atoms with Crippen LogP contribution < -0.4 is 29.5 Å². The topological polar surface area (TPSA) is 114 Å². The number of carbonyl (C=O) groups excluding carboxylic acids is 1. The lowest BCUT2D eigenvalue weighted by molar-refractivity contribution is 0.0588. The first-order chi connectivity index (χ1) is 18.3. The molecule has 0 N–H and O–H groups in total. The summed E-state index contributed by atoms with van der Waals surface area (Å²) in [6.45, 7) is 0.168. The van der Waals surface area contributed by atoms with E-state index in [1.54, 1.807) is 63.0 Å². The van der Waals surface area contributed by atoms with Crippen molar-refractivity contribution < 1.29 is 28.5 Å². The van der Waals surface area contributed by atoms with Crippen LogP contribution in [0.25, 0.3) is 21.9 Å². The van der Waals surface area contributed by atoms with Crippen LogP contribution in [0.2, 0.25) is 0 Å². The fourth-order valence-corrected chi connectivity index (χ4v) is 4.20. The molecule has 0 radical (unpaired) electrons. The second-order valence-electron chi connectivity index (χ2n) is 8.29. The average Bonchev–Trinajstić information content (AvgIpc) is 2.94. The standard InChI is InChI=1S/C27H28N4O7/c1-30(2)31-24(27(33)37-6)23(16-11-21(34-3)25(36-5)22(12-16)35-4)19-8-7-18(13-20(19)26(31)32)38-15-17-14-28-9-10-29-17/h7-14H,15H2,1-6H3. The second-order valence-corrected chi connectivity index (χ2v) is 8.29. The fraction of sp³-hybridized carbons (Fsp3) is 0.259. The van der Waals surface area contributed by atoms with Gasteiger partial charge in [0, 0.05) is 32.1 Å². The van der Waals surface area contributed by atoms with Crippen LogP contribution in [0.5, 0.6) is 23.0 Å². The Kier molecular flexibility index (Phi) is 7.66. The molecule has 0 unspecified atom stereocenters. The quantitative estimate of drug-likeness (QED) is 0.305. The minimum Gasteiger partial charge on any atom is -0.493 e. The Balaban J connectivity index is 2.03. The highest BCUT2D eigenvalue weighted by atomic mass is 16.5.